The monoisotopic (exact) mass is 511 g/mol. The minimum Gasteiger partial charge on any atom is -0.497 e. The second-order valence-corrected chi connectivity index (χ2v) is 9.86. The summed E-state index contributed by atoms with van der Waals surface area (Å²) < 4.78 is 58.2. The Kier molecular flexibility index (Phi) is 10.00. The van der Waals surface area contributed by atoms with E-state index in [2.05, 4.69) is 5.32 Å². The summed E-state index contributed by atoms with van der Waals surface area (Å²) in [5, 5.41) is 2.78. The molecule has 0 unspecified atom stereocenters. The van der Waals surface area contributed by atoms with E-state index < -0.39 is 40.2 Å². The van der Waals surface area contributed by atoms with E-state index in [9.17, 15) is 26.8 Å². The number of methoxy groups -OCH3 is 1. The largest absolute Gasteiger partial charge is 0.497 e. The molecule has 0 aliphatic carbocycles. The van der Waals surface area contributed by atoms with Crippen LogP contribution in [0.3, 0.4) is 0 Å². The Hall–Kier alpha value is -3.21. The first-order valence-corrected chi connectivity index (χ1v) is 13.0. The maximum absolute atomic E-state index is 13.8. The minimum absolute atomic E-state index is 0.00344. The summed E-state index contributed by atoms with van der Waals surface area (Å²) in [5.41, 5.74) is 0.461. The van der Waals surface area contributed by atoms with E-state index >= 15 is 0 Å². The molecular formula is C24H31F2N3O5S. The van der Waals surface area contributed by atoms with E-state index in [0.717, 1.165) is 18.4 Å². The molecule has 2 amide bonds. The Morgan fingerprint density at radius 3 is 2.37 bits per heavy atom. The van der Waals surface area contributed by atoms with Gasteiger partial charge in [0.15, 0.2) is 11.6 Å². The number of halogens is 2. The average molecular weight is 512 g/mol. The van der Waals surface area contributed by atoms with Gasteiger partial charge in [0.25, 0.3) is 0 Å². The highest BCUT2D eigenvalue weighted by molar-refractivity contribution is 7.92. The van der Waals surface area contributed by atoms with E-state index in [-0.39, 0.29) is 24.6 Å². The quantitative estimate of drug-likeness (QED) is 0.473. The van der Waals surface area contributed by atoms with Crippen molar-refractivity contribution in [2.24, 2.45) is 0 Å². The molecule has 0 aliphatic rings. The summed E-state index contributed by atoms with van der Waals surface area (Å²) in [7, 11) is -2.55. The highest BCUT2D eigenvalue weighted by Crippen LogP contribution is 2.22. The second-order valence-electron chi connectivity index (χ2n) is 7.96. The van der Waals surface area contributed by atoms with Gasteiger partial charge in [0, 0.05) is 19.2 Å². The maximum Gasteiger partial charge on any atom is 0.244 e. The zero-order chi connectivity index (χ0) is 26.2. The van der Waals surface area contributed by atoms with Crippen LogP contribution in [-0.4, -0.2) is 57.6 Å². The van der Waals surface area contributed by atoms with Gasteiger partial charge in [-0.2, -0.15) is 0 Å². The van der Waals surface area contributed by atoms with Gasteiger partial charge in [-0.3, -0.25) is 13.9 Å². The topological polar surface area (TPSA) is 96.0 Å². The van der Waals surface area contributed by atoms with Crippen molar-refractivity contribution in [1.82, 2.24) is 10.2 Å². The molecule has 192 valence electrons. The number of anilines is 1. The van der Waals surface area contributed by atoms with E-state index in [1.165, 1.54) is 12.0 Å². The Labute approximate surface area is 204 Å². The number of hydrogen-bond acceptors (Lipinski definition) is 5. The van der Waals surface area contributed by atoms with Gasteiger partial charge in [0.05, 0.1) is 19.1 Å². The molecular weight excluding hydrogens is 480 g/mol. The molecule has 1 N–H and O–H groups in total. The lowest BCUT2D eigenvalue weighted by atomic mass is 10.1. The number of nitrogens with one attached hydrogen (secondary N) is 1. The Morgan fingerprint density at radius 2 is 1.80 bits per heavy atom. The van der Waals surface area contributed by atoms with Crippen molar-refractivity contribution < 1.29 is 31.5 Å². The van der Waals surface area contributed by atoms with Gasteiger partial charge in [0.1, 0.15) is 18.3 Å². The lowest BCUT2D eigenvalue weighted by Gasteiger charge is -2.33. The van der Waals surface area contributed by atoms with Crippen LogP contribution >= 0.6 is 0 Å². The standard InChI is InChI=1S/C24H31F2N3O5S/c1-5-12-27-24(31)22(6-2)28(15-17-8-7-9-19(13-17)34-3)23(30)16-29(35(4,32)33)18-10-11-20(25)21(26)14-18/h7-11,13-14,22H,5-6,12,15-16H2,1-4H3,(H,27,31)/t22-/m1/s1. The summed E-state index contributed by atoms with van der Waals surface area (Å²) >= 11 is 0. The van der Waals surface area contributed by atoms with Crippen molar-refractivity contribution in [1.29, 1.82) is 0 Å². The summed E-state index contributed by atoms with van der Waals surface area (Å²) in [6.07, 6.45) is 1.83. The number of benzene rings is 2. The summed E-state index contributed by atoms with van der Waals surface area (Å²) in [5.74, 6) is -2.89. The molecule has 2 aromatic carbocycles. The normalized spacial score (nSPS) is 12.1. The van der Waals surface area contributed by atoms with Gasteiger partial charge in [-0.15, -0.1) is 0 Å². The number of amides is 2. The van der Waals surface area contributed by atoms with Crippen molar-refractivity contribution >= 4 is 27.5 Å². The molecule has 0 radical (unpaired) electrons. The first-order valence-electron chi connectivity index (χ1n) is 11.1. The zero-order valence-corrected chi connectivity index (χ0v) is 21.1. The molecule has 0 aromatic heterocycles. The fraction of sp³-hybridized carbons (Fsp3) is 0.417. The molecule has 0 bridgehead atoms. The molecule has 0 heterocycles. The molecule has 8 nitrogen and oxygen atoms in total. The highest BCUT2D eigenvalue weighted by atomic mass is 32.2. The predicted octanol–water partition coefficient (Wildman–Crippen LogP) is 3.07. The fourth-order valence-electron chi connectivity index (χ4n) is 3.51. The third-order valence-electron chi connectivity index (χ3n) is 5.29. The van der Waals surface area contributed by atoms with Gasteiger partial charge in [0.2, 0.25) is 21.8 Å². The number of ether oxygens (including phenoxy) is 1. The fourth-order valence-corrected chi connectivity index (χ4v) is 4.35. The van der Waals surface area contributed by atoms with Crippen LogP contribution in [0.4, 0.5) is 14.5 Å². The summed E-state index contributed by atoms with van der Waals surface area (Å²) in [6, 6.07) is 8.62. The van der Waals surface area contributed by atoms with Gasteiger partial charge in [-0.1, -0.05) is 26.0 Å². The highest BCUT2D eigenvalue weighted by Gasteiger charge is 2.32. The number of hydrogen-bond donors (Lipinski definition) is 1. The van der Waals surface area contributed by atoms with Gasteiger partial charge in [-0.25, -0.2) is 17.2 Å². The van der Waals surface area contributed by atoms with Gasteiger partial charge >= 0.3 is 0 Å². The third kappa shape index (κ3) is 7.64. The second kappa shape index (κ2) is 12.5. The van der Waals surface area contributed by atoms with Crippen LogP contribution in [0, 0.1) is 11.6 Å². The first-order chi connectivity index (χ1) is 16.5. The van der Waals surface area contributed by atoms with Gasteiger partial charge in [-0.05, 0) is 42.7 Å². The minimum atomic E-state index is -4.05. The number of nitrogens with zero attached hydrogens (tertiary/aromatic N) is 2. The van der Waals surface area contributed by atoms with E-state index in [1.54, 1.807) is 31.2 Å². The zero-order valence-electron chi connectivity index (χ0n) is 20.3. The van der Waals surface area contributed by atoms with E-state index in [4.69, 9.17) is 4.74 Å². The third-order valence-corrected chi connectivity index (χ3v) is 6.43. The average Bonchev–Trinajstić information content (AvgIpc) is 2.82. The SMILES string of the molecule is CCCNC(=O)[C@@H](CC)N(Cc1cccc(OC)c1)C(=O)CN(c1ccc(F)c(F)c1)S(C)(=O)=O. The van der Waals surface area contributed by atoms with Crippen molar-refractivity contribution in [3.8, 4) is 5.75 Å². The van der Waals surface area contributed by atoms with Crippen molar-refractivity contribution in [3.63, 3.8) is 0 Å². The van der Waals surface area contributed by atoms with Crippen LogP contribution in [0.25, 0.3) is 0 Å². The summed E-state index contributed by atoms with van der Waals surface area (Å²) in [6.45, 7) is 3.35. The molecule has 0 spiro atoms. The molecule has 0 saturated carbocycles. The van der Waals surface area contributed by atoms with Crippen LogP contribution in [-0.2, 0) is 26.2 Å². The molecule has 0 aliphatic heterocycles. The van der Waals surface area contributed by atoms with Crippen molar-refractivity contribution in [2.75, 3.05) is 30.8 Å². The number of carbonyl (C=O) groups excluding carboxylic acids is 2. The van der Waals surface area contributed by atoms with Crippen LogP contribution in [0.15, 0.2) is 42.5 Å². The van der Waals surface area contributed by atoms with Crippen LogP contribution in [0.5, 0.6) is 5.75 Å². The first kappa shape index (κ1) is 28.0. The summed E-state index contributed by atoms with van der Waals surface area (Å²) in [4.78, 5) is 27.7. The molecule has 35 heavy (non-hydrogen) atoms. The lowest BCUT2D eigenvalue weighted by Crippen LogP contribution is -2.52. The molecule has 2 rings (SSSR count). The smallest absolute Gasteiger partial charge is 0.244 e. The van der Waals surface area contributed by atoms with Crippen LogP contribution < -0.4 is 14.4 Å². The molecule has 0 fully saturated rings. The molecule has 1 atom stereocenters. The number of sulfonamides is 1. The lowest BCUT2D eigenvalue weighted by molar-refractivity contribution is -0.140. The van der Waals surface area contributed by atoms with E-state index in [0.29, 0.717) is 34.7 Å². The van der Waals surface area contributed by atoms with Crippen LogP contribution in [0.1, 0.15) is 32.3 Å². The van der Waals surface area contributed by atoms with E-state index in [1.807, 2.05) is 6.92 Å². The maximum atomic E-state index is 13.8. The number of rotatable bonds is 12. The van der Waals surface area contributed by atoms with Crippen molar-refractivity contribution in [2.45, 2.75) is 39.3 Å². The van der Waals surface area contributed by atoms with Gasteiger partial charge < -0.3 is 15.0 Å². The Bertz CT molecular complexity index is 1140. The molecule has 2 aromatic rings. The molecule has 11 heteroatoms. The Balaban J connectivity index is 2.45. The van der Waals surface area contributed by atoms with Crippen LogP contribution in [0.2, 0.25) is 0 Å². The Morgan fingerprint density at radius 1 is 1.09 bits per heavy atom. The predicted molar refractivity (Wildman–Crippen MR) is 129 cm³/mol. The van der Waals surface area contributed by atoms with Crippen molar-refractivity contribution in [3.05, 3.63) is 59.7 Å². The molecule has 0 saturated heterocycles. The number of carbonyl (C=O) groups is 2.